The molecule has 1 atom stereocenters. The minimum Gasteiger partial charge on any atom is -0.467 e. The van der Waals surface area contributed by atoms with E-state index in [0.29, 0.717) is 35.8 Å². The number of carbonyl (C=O) groups excluding carboxylic acids is 3. The number of hydrogen-bond donors (Lipinski definition) is 1. The average Bonchev–Trinajstić information content (AvgIpc) is 3.48. The van der Waals surface area contributed by atoms with Gasteiger partial charge in [0, 0.05) is 11.4 Å². The first-order chi connectivity index (χ1) is 16.0. The van der Waals surface area contributed by atoms with Crippen LogP contribution in [-0.4, -0.2) is 45.5 Å². The van der Waals surface area contributed by atoms with E-state index in [9.17, 15) is 14.4 Å². The summed E-state index contributed by atoms with van der Waals surface area (Å²) in [7, 11) is 0. The number of furan rings is 1. The van der Waals surface area contributed by atoms with Crippen molar-refractivity contribution in [3.05, 3.63) is 59.0 Å². The van der Waals surface area contributed by atoms with Crippen LogP contribution in [-0.2, 0) is 9.59 Å². The minimum atomic E-state index is -0.878. The lowest BCUT2D eigenvalue weighted by Gasteiger charge is -2.25. The summed E-state index contributed by atoms with van der Waals surface area (Å²) < 4.78 is 5.57. The van der Waals surface area contributed by atoms with E-state index in [2.05, 4.69) is 10.4 Å². The van der Waals surface area contributed by atoms with Gasteiger partial charge in [-0.05, 0) is 42.7 Å². The van der Waals surface area contributed by atoms with Gasteiger partial charge < -0.3 is 9.73 Å². The number of halogens is 1. The number of urea groups is 1. The van der Waals surface area contributed by atoms with Crippen molar-refractivity contribution in [2.24, 2.45) is 5.10 Å². The third-order valence-electron chi connectivity index (χ3n) is 6.71. The molecule has 0 radical (unpaired) electrons. The number of rotatable bonds is 4. The van der Waals surface area contributed by atoms with Gasteiger partial charge >= 0.3 is 6.03 Å². The Bertz CT molecular complexity index is 1090. The Morgan fingerprint density at radius 1 is 1.12 bits per heavy atom. The zero-order chi connectivity index (χ0) is 23.0. The third kappa shape index (κ3) is 4.04. The van der Waals surface area contributed by atoms with Gasteiger partial charge in [-0.3, -0.25) is 14.5 Å². The number of hydrazone groups is 1. The van der Waals surface area contributed by atoms with Gasteiger partial charge in [0.2, 0.25) is 0 Å². The maximum absolute atomic E-state index is 13.4. The first-order valence-electron chi connectivity index (χ1n) is 11.3. The van der Waals surface area contributed by atoms with Gasteiger partial charge in [-0.2, -0.15) is 5.10 Å². The first-order valence-corrected chi connectivity index (χ1v) is 11.7. The number of carbonyl (C=O) groups is 3. The van der Waals surface area contributed by atoms with Crippen molar-refractivity contribution in [1.29, 1.82) is 0 Å². The molecule has 1 aromatic carbocycles. The number of nitrogens with one attached hydrogen (secondary N) is 1. The highest BCUT2D eigenvalue weighted by Gasteiger charge is 2.51. The third-order valence-corrected chi connectivity index (χ3v) is 6.96. The van der Waals surface area contributed by atoms with Gasteiger partial charge in [-0.25, -0.2) is 9.80 Å². The summed E-state index contributed by atoms with van der Waals surface area (Å²) in [6.07, 6.45) is 7.08. The second kappa shape index (κ2) is 8.67. The summed E-state index contributed by atoms with van der Waals surface area (Å²) in [5.74, 6) is -0.151. The van der Waals surface area contributed by atoms with Crippen LogP contribution in [0, 0.1) is 0 Å². The van der Waals surface area contributed by atoms with Gasteiger partial charge in [0.1, 0.15) is 23.9 Å². The van der Waals surface area contributed by atoms with Crippen LogP contribution >= 0.6 is 11.6 Å². The maximum atomic E-state index is 13.4. The molecule has 9 heteroatoms. The number of imide groups is 1. The molecule has 1 saturated carbocycles. The fourth-order valence-electron chi connectivity index (χ4n) is 4.96. The molecule has 1 aliphatic carbocycles. The van der Waals surface area contributed by atoms with Gasteiger partial charge in [0.05, 0.1) is 12.0 Å². The minimum absolute atomic E-state index is 0.307. The Labute approximate surface area is 196 Å². The molecule has 1 N–H and O–H groups in total. The zero-order valence-electron chi connectivity index (χ0n) is 18.1. The Balaban J connectivity index is 1.39. The normalized spacial score (nSPS) is 22.5. The summed E-state index contributed by atoms with van der Waals surface area (Å²) in [6, 6.07) is 9.82. The van der Waals surface area contributed by atoms with Crippen LogP contribution < -0.4 is 5.32 Å². The highest BCUT2D eigenvalue weighted by molar-refractivity contribution is 6.30. The van der Waals surface area contributed by atoms with Crippen molar-refractivity contribution in [3.63, 3.8) is 0 Å². The van der Waals surface area contributed by atoms with Crippen LogP contribution in [0.4, 0.5) is 4.79 Å². The first kappa shape index (κ1) is 21.7. The highest BCUT2D eigenvalue weighted by Crippen LogP contribution is 2.35. The lowest BCUT2D eigenvalue weighted by molar-refractivity contribution is -0.140. The SMILES string of the molecule is O=C1NC2(CCCCCC2)C(=O)N1CC(=O)N1N=C(c2ccc(Cl)cc2)CC1c1ccco1. The molecule has 4 amide bonds. The van der Waals surface area contributed by atoms with Crippen LogP contribution in [0.1, 0.15) is 62.3 Å². The van der Waals surface area contributed by atoms with E-state index in [4.69, 9.17) is 16.0 Å². The molecular formula is C24H25ClN4O4. The van der Waals surface area contributed by atoms with Crippen molar-refractivity contribution in [1.82, 2.24) is 15.2 Å². The lowest BCUT2D eigenvalue weighted by Crippen LogP contribution is -2.47. The zero-order valence-corrected chi connectivity index (χ0v) is 18.9. The lowest BCUT2D eigenvalue weighted by atomic mass is 9.90. The van der Waals surface area contributed by atoms with E-state index in [1.54, 1.807) is 30.5 Å². The predicted octanol–water partition coefficient (Wildman–Crippen LogP) is 4.26. The molecule has 172 valence electrons. The predicted molar refractivity (Wildman–Crippen MR) is 122 cm³/mol. The maximum Gasteiger partial charge on any atom is 0.325 e. The van der Waals surface area contributed by atoms with Crippen LogP contribution in [0.25, 0.3) is 0 Å². The fourth-order valence-corrected chi connectivity index (χ4v) is 5.08. The van der Waals surface area contributed by atoms with Gasteiger partial charge in [-0.15, -0.1) is 0 Å². The molecule has 1 aromatic heterocycles. The van der Waals surface area contributed by atoms with Crippen LogP contribution in [0.15, 0.2) is 52.2 Å². The Morgan fingerprint density at radius 3 is 2.52 bits per heavy atom. The Hall–Kier alpha value is -3.13. The quantitative estimate of drug-likeness (QED) is 0.678. The summed E-state index contributed by atoms with van der Waals surface area (Å²) >= 11 is 6.01. The van der Waals surface area contributed by atoms with Crippen molar-refractivity contribution in [3.8, 4) is 0 Å². The molecular weight excluding hydrogens is 444 g/mol. The van der Waals surface area contributed by atoms with Crippen molar-refractivity contribution < 1.29 is 18.8 Å². The van der Waals surface area contributed by atoms with Gasteiger partial charge in [-0.1, -0.05) is 49.4 Å². The van der Waals surface area contributed by atoms with Gasteiger partial charge in [0.15, 0.2) is 0 Å². The van der Waals surface area contributed by atoms with E-state index in [-0.39, 0.29) is 12.5 Å². The largest absolute Gasteiger partial charge is 0.467 e. The smallest absolute Gasteiger partial charge is 0.325 e. The number of hydrogen-bond acceptors (Lipinski definition) is 5. The molecule has 1 unspecified atom stereocenters. The number of amides is 4. The molecule has 2 aromatic rings. The van der Waals surface area contributed by atoms with E-state index in [1.165, 1.54) is 5.01 Å². The van der Waals surface area contributed by atoms with Crippen molar-refractivity contribution in [2.45, 2.75) is 56.5 Å². The standard InChI is InChI=1S/C24H25ClN4O4/c25-17-9-7-16(8-10-17)18-14-19(20-6-5-13-33-20)29(27-18)21(30)15-28-22(31)24(26-23(28)32)11-3-1-2-4-12-24/h5-10,13,19H,1-4,11-12,14-15H2,(H,26,32). The fraction of sp³-hybridized carbons (Fsp3) is 0.417. The molecule has 3 heterocycles. The molecule has 8 nitrogen and oxygen atoms in total. The van der Waals surface area contributed by atoms with E-state index in [0.717, 1.165) is 36.1 Å². The van der Waals surface area contributed by atoms with Gasteiger partial charge in [0.25, 0.3) is 11.8 Å². The van der Waals surface area contributed by atoms with Crippen molar-refractivity contribution in [2.75, 3.05) is 6.54 Å². The molecule has 33 heavy (non-hydrogen) atoms. The topological polar surface area (TPSA) is 95.2 Å². The van der Waals surface area contributed by atoms with E-state index >= 15 is 0 Å². The number of benzene rings is 1. The van der Waals surface area contributed by atoms with Crippen molar-refractivity contribution >= 4 is 35.2 Å². The van der Waals surface area contributed by atoms with E-state index < -0.39 is 23.5 Å². The molecule has 3 aliphatic rings. The second-order valence-electron chi connectivity index (χ2n) is 8.85. The molecule has 5 rings (SSSR count). The second-order valence-corrected chi connectivity index (χ2v) is 9.28. The molecule has 2 fully saturated rings. The summed E-state index contributed by atoms with van der Waals surface area (Å²) in [4.78, 5) is 40.3. The average molecular weight is 469 g/mol. The summed E-state index contributed by atoms with van der Waals surface area (Å²) in [5, 5.41) is 9.39. The van der Waals surface area contributed by atoms with E-state index in [1.807, 2.05) is 12.1 Å². The molecule has 0 bridgehead atoms. The molecule has 2 aliphatic heterocycles. The summed E-state index contributed by atoms with van der Waals surface area (Å²) in [5.41, 5.74) is 0.675. The highest BCUT2D eigenvalue weighted by atomic mass is 35.5. The summed E-state index contributed by atoms with van der Waals surface area (Å²) in [6.45, 7) is -0.360. The number of nitrogens with zero attached hydrogens (tertiary/aromatic N) is 3. The van der Waals surface area contributed by atoms with Crippen LogP contribution in [0.3, 0.4) is 0 Å². The molecule has 1 saturated heterocycles. The monoisotopic (exact) mass is 468 g/mol. The Kier molecular flexibility index (Phi) is 5.70. The van der Waals surface area contributed by atoms with Crippen LogP contribution in [0.5, 0.6) is 0 Å². The molecule has 1 spiro atoms. The van der Waals surface area contributed by atoms with Crippen LogP contribution in [0.2, 0.25) is 5.02 Å². The Morgan fingerprint density at radius 2 is 1.85 bits per heavy atom.